The maximum atomic E-state index is 12.8. The highest BCUT2D eigenvalue weighted by Crippen LogP contribution is 2.21. The van der Waals surface area contributed by atoms with E-state index in [9.17, 15) is 24.3 Å². The number of nitrogens with zero attached hydrogens (tertiary/aromatic N) is 1. The number of amides is 3. The number of H-pyrrole nitrogens is 1. The summed E-state index contributed by atoms with van der Waals surface area (Å²) in [5.74, 6) is -2.89. The molecule has 1 fully saturated rings. The molecule has 0 saturated carbocycles. The van der Waals surface area contributed by atoms with Crippen LogP contribution in [0.4, 0.5) is 0 Å². The zero-order valence-electron chi connectivity index (χ0n) is 17.4. The lowest BCUT2D eigenvalue weighted by Crippen LogP contribution is -2.53. The minimum absolute atomic E-state index is 0.0842. The van der Waals surface area contributed by atoms with E-state index in [0.717, 1.165) is 16.5 Å². The van der Waals surface area contributed by atoms with Crippen LogP contribution in [0.15, 0.2) is 30.5 Å². The van der Waals surface area contributed by atoms with Gasteiger partial charge >= 0.3 is 5.97 Å². The quantitative estimate of drug-likeness (QED) is 0.278. The van der Waals surface area contributed by atoms with Crippen LogP contribution >= 0.6 is 0 Å². The topological polar surface area (TPSA) is 178 Å². The molecule has 2 heterocycles. The van der Waals surface area contributed by atoms with E-state index in [0.29, 0.717) is 19.4 Å². The Morgan fingerprint density at radius 3 is 2.72 bits per heavy atom. The third-order valence-corrected chi connectivity index (χ3v) is 5.54. The van der Waals surface area contributed by atoms with Crippen molar-refractivity contribution in [2.75, 3.05) is 19.7 Å². The van der Waals surface area contributed by atoms with E-state index in [1.54, 1.807) is 6.20 Å². The smallest absolute Gasteiger partial charge is 0.326 e. The lowest BCUT2D eigenvalue weighted by atomic mass is 10.0. The Hall–Kier alpha value is -3.44. The minimum atomic E-state index is -1.18. The van der Waals surface area contributed by atoms with Crippen LogP contribution in [0, 0.1) is 0 Å². The molecule has 32 heavy (non-hydrogen) atoms. The molecule has 1 saturated heterocycles. The fourth-order valence-electron chi connectivity index (χ4n) is 3.80. The fraction of sp³-hybridized carbons (Fsp3) is 0.429. The molecule has 1 aromatic heterocycles. The third kappa shape index (κ3) is 5.24. The van der Waals surface area contributed by atoms with Crippen LogP contribution in [-0.2, 0) is 25.6 Å². The highest BCUT2D eigenvalue weighted by atomic mass is 16.4. The van der Waals surface area contributed by atoms with Gasteiger partial charge in [0.2, 0.25) is 17.7 Å². The van der Waals surface area contributed by atoms with Gasteiger partial charge in [0.1, 0.15) is 18.1 Å². The van der Waals surface area contributed by atoms with Gasteiger partial charge in [-0.1, -0.05) is 18.2 Å². The Morgan fingerprint density at radius 1 is 1.25 bits per heavy atom. The molecule has 11 heteroatoms. The van der Waals surface area contributed by atoms with Gasteiger partial charge in [0.25, 0.3) is 0 Å². The Kier molecular flexibility index (Phi) is 7.44. The largest absolute Gasteiger partial charge is 0.480 e. The molecule has 1 aliphatic rings. The molecule has 3 unspecified atom stereocenters. The van der Waals surface area contributed by atoms with E-state index >= 15 is 0 Å². The van der Waals surface area contributed by atoms with Crippen LogP contribution in [0.1, 0.15) is 18.4 Å². The number of aliphatic hydroxyl groups excluding tert-OH is 1. The minimum Gasteiger partial charge on any atom is -0.480 e. The first-order chi connectivity index (χ1) is 15.3. The summed E-state index contributed by atoms with van der Waals surface area (Å²) in [6.07, 6.45) is 2.77. The van der Waals surface area contributed by atoms with Crippen LogP contribution in [0.25, 0.3) is 10.9 Å². The van der Waals surface area contributed by atoms with Gasteiger partial charge in [-0.3, -0.25) is 14.4 Å². The number of para-hydroxylation sites is 1. The lowest BCUT2D eigenvalue weighted by Gasteiger charge is -2.26. The maximum Gasteiger partial charge on any atom is 0.326 e. The Labute approximate surface area is 183 Å². The molecular formula is C21H27N5O6. The molecule has 3 amide bonds. The zero-order chi connectivity index (χ0) is 23.3. The second kappa shape index (κ2) is 10.2. The number of carbonyl (C=O) groups excluding carboxylic acids is 3. The summed E-state index contributed by atoms with van der Waals surface area (Å²) in [6.45, 7) is -0.602. The van der Waals surface area contributed by atoms with Crippen molar-refractivity contribution in [3.05, 3.63) is 36.0 Å². The molecule has 3 rings (SSSR count). The first-order valence-electron chi connectivity index (χ1n) is 10.3. The van der Waals surface area contributed by atoms with Crippen molar-refractivity contribution in [1.29, 1.82) is 0 Å². The van der Waals surface area contributed by atoms with E-state index < -0.39 is 48.4 Å². The highest BCUT2D eigenvalue weighted by molar-refractivity contribution is 5.93. The standard InChI is InChI=1S/C21H27N5O6/c22-14(11-27)19(29)24-10-18(28)26-7-3-6-17(26)20(30)25-16(21(31)32)8-12-9-23-15-5-2-1-4-13(12)15/h1-2,4-5,9,14,16-17,23,27H,3,6-8,10-11,22H2,(H,24,29)(H,25,30)(H,31,32). The van der Waals surface area contributed by atoms with Crippen molar-refractivity contribution >= 4 is 34.6 Å². The van der Waals surface area contributed by atoms with Crippen LogP contribution in [0.5, 0.6) is 0 Å². The van der Waals surface area contributed by atoms with Crippen molar-refractivity contribution in [2.24, 2.45) is 5.73 Å². The molecular weight excluding hydrogens is 418 g/mol. The molecule has 2 aromatic rings. The van der Waals surface area contributed by atoms with Crippen LogP contribution in [0.3, 0.4) is 0 Å². The summed E-state index contributed by atoms with van der Waals surface area (Å²) in [7, 11) is 0. The number of aliphatic hydroxyl groups is 1. The number of likely N-dealkylation sites (tertiary alicyclic amines) is 1. The number of benzene rings is 1. The molecule has 0 spiro atoms. The summed E-state index contributed by atoms with van der Waals surface area (Å²) >= 11 is 0. The van der Waals surface area contributed by atoms with Crippen molar-refractivity contribution in [1.82, 2.24) is 20.5 Å². The van der Waals surface area contributed by atoms with Crippen molar-refractivity contribution in [3.63, 3.8) is 0 Å². The summed E-state index contributed by atoms with van der Waals surface area (Å²) in [5, 5.41) is 24.3. The monoisotopic (exact) mass is 445 g/mol. The summed E-state index contributed by atoms with van der Waals surface area (Å²) in [4.78, 5) is 53.2. The van der Waals surface area contributed by atoms with E-state index in [-0.39, 0.29) is 13.0 Å². The van der Waals surface area contributed by atoms with E-state index in [4.69, 9.17) is 10.8 Å². The molecule has 0 aliphatic carbocycles. The zero-order valence-corrected chi connectivity index (χ0v) is 17.4. The molecule has 11 nitrogen and oxygen atoms in total. The van der Waals surface area contributed by atoms with E-state index in [1.165, 1.54) is 4.90 Å². The number of carboxylic acid groups (broad SMARTS) is 1. The third-order valence-electron chi connectivity index (χ3n) is 5.54. The van der Waals surface area contributed by atoms with Gasteiger partial charge in [-0.15, -0.1) is 0 Å². The van der Waals surface area contributed by atoms with Gasteiger partial charge in [0.05, 0.1) is 13.2 Å². The maximum absolute atomic E-state index is 12.8. The number of nitrogens with one attached hydrogen (secondary N) is 3. The van der Waals surface area contributed by atoms with Gasteiger partial charge < -0.3 is 36.5 Å². The number of hydrogen-bond donors (Lipinski definition) is 6. The molecule has 1 aromatic carbocycles. The summed E-state index contributed by atoms with van der Waals surface area (Å²) in [5.41, 5.74) is 7.02. The first kappa shape index (κ1) is 23.2. The fourth-order valence-corrected chi connectivity index (χ4v) is 3.80. The first-order valence-corrected chi connectivity index (χ1v) is 10.3. The summed E-state index contributed by atoms with van der Waals surface area (Å²) in [6, 6.07) is 4.34. The van der Waals surface area contributed by atoms with Crippen LogP contribution in [0.2, 0.25) is 0 Å². The second-order valence-electron chi connectivity index (χ2n) is 7.72. The van der Waals surface area contributed by atoms with Gasteiger partial charge in [-0.05, 0) is 24.5 Å². The van der Waals surface area contributed by atoms with Crippen molar-refractivity contribution in [2.45, 2.75) is 37.4 Å². The Bertz CT molecular complexity index is 1010. The predicted molar refractivity (Wildman–Crippen MR) is 114 cm³/mol. The number of hydrogen-bond acceptors (Lipinski definition) is 6. The number of aliphatic carboxylic acids is 1. The Balaban J connectivity index is 1.63. The molecule has 0 radical (unpaired) electrons. The molecule has 3 atom stereocenters. The normalized spacial score (nSPS) is 17.7. The number of nitrogens with two attached hydrogens (primary N) is 1. The predicted octanol–water partition coefficient (Wildman–Crippen LogP) is -1.29. The summed E-state index contributed by atoms with van der Waals surface area (Å²) < 4.78 is 0. The average Bonchev–Trinajstić information content (AvgIpc) is 3.43. The SMILES string of the molecule is NC(CO)C(=O)NCC(=O)N1CCCC1C(=O)NC(Cc1c[nH]c2ccccc12)C(=O)O. The Morgan fingerprint density at radius 2 is 2.00 bits per heavy atom. The van der Waals surface area contributed by atoms with Gasteiger partial charge in [-0.25, -0.2) is 4.79 Å². The van der Waals surface area contributed by atoms with E-state index in [1.807, 2.05) is 24.3 Å². The highest BCUT2D eigenvalue weighted by Gasteiger charge is 2.36. The van der Waals surface area contributed by atoms with Gasteiger partial charge in [0, 0.05) is 30.1 Å². The number of fused-ring (bicyclic) bond motifs is 1. The second-order valence-corrected chi connectivity index (χ2v) is 7.72. The number of aromatic amines is 1. The van der Waals surface area contributed by atoms with Crippen LogP contribution < -0.4 is 16.4 Å². The molecule has 0 bridgehead atoms. The molecule has 1 aliphatic heterocycles. The van der Waals surface area contributed by atoms with Gasteiger partial charge in [0.15, 0.2) is 0 Å². The van der Waals surface area contributed by atoms with Crippen LogP contribution in [-0.4, -0.2) is 81.6 Å². The number of carbonyl (C=O) groups is 4. The van der Waals surface area contributed by atoms with E-state index in [2.05, 4.69) is 15.6 Å². The van der Waals surface area contributed by atoms with Crippen molar-refractivity contribution < 1.29 is 29.4 Å². The van der Waals surface area contributed by atoms with Crippen molar-refractivity contribution in [3.8, 4) is 0 Å². The lowest BCUT2D eigenvalue weighted by molar-refractivity contribution is -0.144. The average molecular weight is 445 g/mol. The number of rotatable bonds is 9. The number of carboxylic acids is 1. The molecule has 7 N–H and O–H groups in total. The number of aromatic nitrogens is 1. The van der Waals surface area contributed by atoms with Gasteiger partial charge in [-0.2, -0.15) is 0 Å². The molecule has 172 valence electrons.